The molecule has 6 nitrogen and oxygen atoms in total. The van der Waals surface area contributed by atoms with Crippen molar-refractivity contribution in [2.45, 2.75) is 36.0 Å². The Balaban J connectivity index is 1.32. The van der Waals surface area contributed by atoms with Crippen molar-refractivity contribution in [1.82, 2.24) is 9.62 Å². The number of hydrogen-bond donors (Lipinski definition) is 1. The maximum absolute atomic E-state index is 13.9. The average molecular weight is 404 g/mol. The molecule has 1 N–H and O–H groups in total. The molecule has 2 saturated heterocycles. The number of halogens is 1. The number of rotatable bonds is 5. The van der Waals surface area contributed by atoms with Crippen LogP contribution in [-0.4, -0.2) is 50.6 Å². The van der Waals surface area contributed by atoms with Crippen LogP contribution in [0.1, 0.15) is 23.2 Å². The summed E-state index contributed by atoms with van der Waals surface area (Å²) in [6.45, 7) is 0.571. The van der Waals surface area contributed by atoms with Gasteiger partial charge in [0, 0.05) is 13.1 Å². The van der Waals surface area contributed by atoms with Gasteiger partial charge >= 0.3 is 0 Å². The van der Waals surface area contributed by atoms with Crippen LogP contribution in [0.4, 0.5) is 4.39 Å². The van der Waals surface area contributed by atoms with Crippen molar-refractivity contribution in [3.05, 3.63) is 66.0 Å². The number of nitrogens with one attached hydrogen (secondary N) is 1. The van der Waals surface area contributed by atoms with Gasteiger partial charge in [0.1, 0.15) is 5.82 Å². The minimum absolute atomic E-state index is 0.0682. The fraction of sp³-hybridized carbons (Fsp3) is 0.350. The van der Waals surface area contributed by atoms with Gasteiger partial charge in [-0.25, -0.2) is 17.5 Å². The number of likely N-dealkylation sites (tertiary alicyclic amines) is 1. The van der Waals surface area contributed by atoms with Crippen LogP contribution in [0, 0.1) is 5.82 Å². The van der Waals surface area contributed by atoms with E-state index in [1.54, 1.807) is 35.2 Å². The maximum atomic E-state index is 13.9. The predicted molar refractivity (Wildman–Crippen MR) is 101 cm³/mol. The minimum atomic E-state index is -3.57. The summed E-state index contributed by atoms with van der Waals surface area (Å²) in [6.07, 6.45) is 0.934. The van der Waals surface area contributed by atoms with Crippen LogP contribution in [0.15, 0.2) is 59.5 Å². The molecule has 2 aliphatic rings. The van der Waals surface area contributed by atoms with Crippen LogP contribution in [0.3, 0.4) is 0 Å². The zero-order valence-electron chi connectivity index (χ0n) is 15.1. The van der Waals surface area contributed by atoms with Crippen molar-refractivity contribution in [3.8, 4) is 0 Å². The first-order valence-electron chi connectivity index (χ1n) is 9.21. The Kier molecular flexibility index (Phi) is 5.18. The first kappa shape index (κ1) is 19.0. The second kappa shape index (κ2) is 7.62. The SMILES string of the molecule is O=C(c1ccccc1F)N1C[C@H]2O[C@H](CNS(=O)(=O)c3ccccc3)CC[C@H]21. The lowest BCUT2D eigenvalue weighted by molar-refractivity contribution is -0.149. The number of carbonyl (C=O) groups excluding carboxylic acids is 1. The number of nitrogens with zero attached hydrogens (tertiary/aromatic N) is 1. The summed E-state index contributed by atoms with van der Waals surface area (Å²) >= 11 is 0. The summed E-state index contributed by atoms with van der Waals surface area (Å²) in [5, 5.41) is 0. The monoisotopic (exact) mass is 404 g/mol. The quantitative estimate of drug-likeness (QED) is 0.829. The number of benzene rings is 2. The van der Waals surface area contributed by atoms with Gasteiger partial charge < -0.3 is 9.64 Å². The molecule has 28 heavy (non-hydrogen) atoms. The molecule has 4 rings (SSSR count). The number of carbonyl (C=O) groups is 1. The van der Waals surface area contributed by atoms with E-state index in [9.17, 15) is 17.6 Å². The fourth-order valence-electron chi connectivity index (χ4n) is 3.72. The third-order valence-electron chi connectivity index (χ3n) is 5.28. The van der Waals surface area contributed by atoms with Crippen LogP contribution in [0.25, 0.3) is 0 Å². The van der Waals surface area contributed by atoms with E-state index in [-0.39, 0.29) is 41.2 Å². The first-order valence-corrected chi connectivity index (χ1v) is 10.7. The van der Waals surface area contributed by atoms with Crippen molar-refractivity contribution in [2.75, 3.05) is 13.1 Å². The molecule has 0 bridgehead atoms. The Hall–Kier alpha value is -2.29. The molecule has 0 aliphatic carbocycles. The highest BCUT2D eigenvalue weighted by molar-refractivity contribution is 7.89. The van der Waals surface area contributed by atoms with Gasteiger partial charge in [0.2, 0.25) is 10.0 Å². The highest BCUT2D eigenvalue weighted by Gasteiger charge is 2.47. The smallest absolute Gasteiger partial charge is 0.257 e. The van der Waals surface area contributed by atoms with E-state index < -0.39 is 15.8 Å². The van der Waals surface area contributed by atoms with Crippen molar-refractivity contribution in [1.29, 1.82) is 0 Å². The molecule has 1 amide bonds. The molecule has 2 heterocycles. The third kappa shape index (κ3) is 3.67. The molecular formula is C20H21FN2O4S. The number of ether oxygens (including phenoxy) is 1. The lowest BCUT2D eigenvalue weighted by Gasteiger charge is -2.52. The summed E-state index contributed by atoms with van der Waals surface area (Å²) in [7, 11) is -3.57. The Morgan fingerprint density at radius 1 is 1.11 bits per heavy atom. The highest BCUT2D eigenvalue weighted by atomic mass is 32.2. The van der Waals surface area contributed by atoms with E-state index in [0.29, 0.717) is 19.4 Å². The van der Waals surface area contributed by atoms with Gasteiger partial charge in [0.05, 0.1) is 28.7 Å². The molecule has 0 radical (unpaired) electrons. The van der Waals surface area contributed by atoms with Crippen LogP contribution in [0.5, 0.6) is 0 Å². The largest absolute Gasteiger partial charge is 0.370 e. The summed E-state index contributed by atoms with van der Waals surface area (Å²) in [4.78, 5) is 14.4. The average Bonchev–Trinajstić information content (AvgIpc) is 2.68. The lowest BCUT2D eigenvalue weighted by Crippen LogP contribution is -2.66. The Bertz CT molecular complexity index is 967. The standard InChI is InChI=1S/C20H21FN2O4S/c21-17-9-5-4-8-16(17)20(24)23-13-19-18(23)11-10-14(27-19)12-22-28(25,26)15-6-2-1-3-7-15/h1-9,14,18-19,22H,10-13H2/t14-,18+,19+/m0/s1. The van der Waals surface area contributed by atoms with E-state index in [1.807, 2.05) is 0 Å². The summed E-state index contributed by atoms with van der Waals surface area (Å²) in [5.41, 5.74) is 0.0682. The first-order chi connectivity index (χ1) is 13.5. The Labute approximate surface area is 163 Å². The summed E-state index contributed by atoms with van der Waals surface area (Å²) in [6, 6.07) is 14.0. The molecule has 0 spiro atoms. The number of sulfonamides is 1. The second-order valence-corrected chi connectivity index (χ2v) is 8.81. The van der Waals surface area contributed by atoms with Crippen LogP contribution in [0.2, 0.25) is 0 Å². The summed E-state index contributed by atoms with van der Waals surface area (Å²) in [5.74, 6) is -0.855. The van der Waals surface area contributed by atoms with Crippen LogP contribution in [-0.2, 0) is 14.8 Å². The molecule has 0 aromatic heterocycles. The van der Waals surface area contributed by atoms with E-state index >= 15 is 0 Å². The van der Waals surface area contributed by atoms with Gasteiger partial charge in [-0.15, -0.1) is 0 Å². The molecule has 0 unspecified atom stereocenters. The Morgan fingerprint density at radius 3 is 2.54 bits per heavy atom. The van der Waals surface area contributed by atoms with Crippen LogP contribution >= 0.6 is 0 Å². The highest BCUT2D eigenvalue weighted by Crippen LogP contribution is 2.33. The van der Waals surface area contributed by atoms with E-state index in [1.165, 1.54) is 24.3 Å². The molecule has 2 aromatic carbocycles. The normalized spacial score (nSPS) is 24.3. The molecule has 2 aromatic rings. The predicted octanol–water partition coefficient (Wildman–Crippen LogP) is 2.18. The van der Waals surface area contributed by atoms with E-state index in [0.717, 1.165) is 0 Å². The van der Waals surface area contributed by atoms with E-state index in [2.05, 4.69) is 4.72 Å². The van der Waals surface area contributed by atoms with Crippen molar-refractivity contribution in [2.24, 2.45) is 0 Å². The lowest BCUT2D eigenvalue weighted by atomic mass is 9.89. The summed E-state index contributed by atoms with van der Waals surface area (Å²) < 4.78 is 47.0. The van der Waals surface area contributed by atoms with Gasteiger partial charge in [-0.2, -0.15) is 0 Å². The molecule has 8 heteroatoms. The molecule has 3 atom stereocenters. The van der Waals surface area contributed by atoms with Crippen LogP contribution < -0.4 is 4.72 Å². The molecule has 2 aliphatic heterocycles. The van der Waals surface area contributed by atoms with Gasteiger partial charge in [-0.3, -0.25) is 4.79 Å². The zero-order chi connectivity index (χ0) is 19.7. The van der Waals surface area contributed by atoms with E-state index in [4.69, 9.17) is 4.74 Å². The Morgan fingerprint density at radius 2 is 1.82 bits per heavy atom. The maximum Gasteiger partial charge on any atom is 0.257 e. The van der Waals surface area contributed by atoms with Crippen molar-refractivity contribution >= 4 is 15.9 Å². The third-order valence-corrected chi connectivity index (χ3v) is 6.72. The second-order valence-electron chi connectivity index (χ2n) is 7.04. The molecule has 0 saturated carbocycles. The minimum Gasteiger partial charge on any atom is -0.370 e. The van der Waals surface area contributed by atoms with Gasteiger partial charge in [-0.1, -0.05) is 30.3 Å². The number of hydrogen-bond acceptors (Lipinski definition) is 4. The van der Waals surface area contributed by atoms with Gasteiger partial charge in [-0.05, 0) is 37.1 Å². The topological polar surface area (TPSA) is 75.7 Å². The number of fused-ring (bicyclic) bond motifs is 1. The fourth-order valence-corrected chi connectivity index (χ4v) is 4.81. The molecular weight excluding hydrogens is 383 g/mol. The van der Waals surface area contributed by atoms with Crippen molar-refractivity contribution < 1.29 is 22.3 Å². The number of amides is 1. The van der Waals surface area contributed by atoms with Gasteiger partial charge in [0.15, 0.2) is 0 Å². The zero-order valence-corrected chi connectivity index (χ0v) is 15.9. The molecule has 2 fully saturated rings. The van der Waals surface area contributed by atoms with Gasteiger partial charge in [0.25, 0.3) is 5.91 Å². The van der Waals surface area contributed by atoms with Crippen molar-refractivity contribution in [3.63, 3.8) is 0 Å². The molecule has 148 valence electrons.